The minimum Gasteiger partial charge on any atom is -0.394 e. The monoisotopic (exact) mass is 342 g/mol. The Morgan fingerprint density at radius 1 is 1.08 bits per heavy atom. The molecule has 0 aromatic rings. The van der Waals surface area contributed by atoms with Crippen LogP contribution in [-0.4, -0.2) is 81.3 Å². The number of carbonyl (C=O) groups is 2. The first kappa shape index (κ1) is 17.6. The number of urea groups is 1. The topological polar surface area (TPSA) is 111 Å². The molecule has 136 valence electrons. The van der Waals surface area contributed by atoms with Gasteiger partial charge < -0.3 is 20.1 Å². The van der Waals surface area contributed by atoms with Gasteiger partial charge in [-0.3, -0.25) is 14.6 Å². The molecule has 3 rings (SSSR count). The maximum atomic E-state index is 12.8. The first-order valence-corrected chi connectivity index (χ1v) is 8.20. The van der Waals surface area contributed by atoms with Gasteiger partial charge in [0.05, 0.1) is 18.6 Å². The van der Waals surface area contributed by atoms with Crippen LogP contribution in [0.15, 0.2) is 0 Å². The van der Waals surface area contributed by atoms with E-state index in [-0.39, 0.29) is 16.7 Å². The molecule has 3 N–H and O–H groups in total. The molecule has 0 aromatic carbocycles. The molecule has 0 aromatic heterocycles. The summed E-state index contributed by atoms with van der Waals surface area (Å²) in [6.45, 7) is 7.48. The fourth-order valence-electron chi connectivity index (χ4n) is 4.42. The number of hydrogen-bond acceptors (Lipinski definition) is 6. The van der Waals surface area contributed by atoms with Gasteiger partial charge in [-0.15, -0.1) is 0 Å². The van der Waals surface area contributed by atoms with Crippen molar-refractivity contribution in [3.8, 4) is 0 Å². The predicted octanol–water partition coefficient (Wildman–Crippen LogP) is -0.630. The van der Waals surface area contributed by atoms with Gasteiger partial charge in [-0.1, -0.05) is 27.7 Å². The van der Waals surface area contributed by atoms with E-state index in [2.05, 4.69) is 0 Å². The summed E-state index contributed by atoms with van der Waals surface area (Å²) >= 11 is 0. The summed E-state index contributed by atoms with van der Waals surface area (Å²) in [7, 11) is 1.41. The average Bonchev–Trinajstić information content (AvgIpc) is 2.79. The molecule has 2 heterocycles. The number of amides is 3. The maximum absolute atomic E-state index is 12.8. The summed E-state index contributed by atoms with van der Waals surface area (Å²) < 4.78 is 5.56. The summed E-state index contributed by atoms with van der Waals surface area (Å²) in [6, 6.07) is -0.993. The lowest BCUT2D eigenvalue weighted by atomic mass is 9.42. The minimum absolute atomic E-state index is 0.239. The van der Waals surface area contributed by atoms with Crippen LogP contribution < -0.4 is 0 Å². The van der Waals surface area contributed by atoms with Gasteiger partial charge in [-0.05, 0) is 10.8 Å². The van der Waals surface area contributed by atoms with Crippen molar-refractivity contribution in [1.82, 2.24) is 9.80 Å². The first-order valence-electron chi connectivity index (χ1n) is 8.20. The van der Waals surface area contributed by atoms with E-state index in [4.69, 9.17) is 4.74 Å². The molecule has 0 radical (unpaired) electrons. The van der Waals surface area contributed by atoms with Gasteiger partial charge in [-0.25, -0.2) is 4.79 Å². The van der Waals surface area contributed by atoms with Gasteiger partial charge in [0.15, 0.2) is 6.23 Å². The molecule has 6 atom stereocenters. The number of rotatable bonds is 2. The van der Waals surface area contributed by atoms with Crippen molar-refractivity contribution in [2.45, 2.75) is 58.3 Å². The fraction of sp³-hybridized carbons (Fsp3) is 0.875. The molecular formula is C16H26N2O6. The third-order valence-corrected chi connectivity index (χ3v) is 6.69. The molecule has 3 amide bonds. The minimum atomic E-state index is -1.34. The van der Waals surface area contributed by atoms with Crippen LogP contribution in [-0.2, 0) is 9.53 Å². The average molecular weight is 342 g/mol. The first-order chi connectivity index (χ1) is 11.0. The lowest BCUT2D eigenvalue weighted by molar-refractivity contribution is -0.229. The Hall–Kier alpha value is -1.22. The Kier molecular flexibility index (Phi) is 3.77. The van der Waals surface area contributed by atoms with Crippen molar-refractivity contribution in [2.24, 2.45) is 16.7 Å². The van der Waals surface area contributed by atoms with Crippen molar-refractivity contribution >= 4 is 11.9 Å². The zero-order chi connectivity index (χ0) is 18.2. The number of fused-ring (bicyclic) bond motifs is 1. The molecule has 0 unspecified atom stereocenters. The Morgan fingerprint density at radius 2 is 1.67 bits per heavy atom. The summed E-state index contributed by atoms with van der Waals surface area (Å²) in [5.74, 6) is -0.645. The second-order valence-corrected chi connectivity index (χ2v) is 8.18. The number of aliphatic hydroxyl groups excluding tert-OH is 3. The number of carbonyl (C=O) groups excluding carboxylic acids is 2. The lowest BCUT2D eigenvalue weighted by Gasteiger charge is -2.69. The zero-order valence-corrected chi connectivity index (χ0v) is 14.6. The van der Waals surface area contributed by atoms with E-state index in [1.165, 1.54) is 11.9 Å². The van der Waals surface area contributed by atoms with E-state index in [9.17, 15) is 24.9 Å². The number of nitrogens with zero attached hydrogens (tertiary/aromatic N) is 2. The van der Waals surface area contributed by atoms with Crippen LogP contribution in [0.2, 0.25) is 0 Å². The molecular weight excluding hydrogens is 316 g/mol. The van der Waals surface area contributed by atoms with Gasteiger partial charge in [0.25, 0.3) is 0 Å². The van der Waals surface area contributed by atoms with Crippen LogP contribution in [0.25, 0.3) is 0 Å². The summed E-state index contributed by atoms with van der Waals surface area (Å²) in [5.41, 5.74) is -0.712. The molecule has 0 bridgehead atoms. The van der Waals surface area contributed by atoms with Gasteiger partial charge in [-0.2, -0.15) is 0 Å². The van der Waals surface area contributed by atoms with E-state index in [1.54, 1.807) is 0 Å². The lowest BCUT2D eigenvalue weighted by Crippen LogP contribution is -2.80. The standard InChI is InChI=1S/C16H26N2O6/c1-15(2)8-11(16(15,3)4)18(14(23)17(5)12(8)22)13-10(21)9(20)7(6-19)24-13/h7-11,13,19-21H,6H2,1-5H3/t7-,8+,9-,10-,11+,13-/m1/s1. The highest BCUT2D eigenvalue weighted by atomic mass is 16.6. The smallest absolute Gasteiger partial charge is 0.328 e. The van der Waals surface area contributed by atoms with Crippen LogP contribution in [0.3, 0.4) is 0 Å². The van der Waals surface area contributed by atoms with E-state index >= 15 is 0 Å². The van der Waals surface area contributed by atoms with Gasteiger partial charge in [0.2, 0.25) is 5.91 Å². The van der Waals surface area contributed by atoms with E-state index in [0.29, 0.717) is 0 Å². The Labute approximate surface area is 141 Å². The molecule has 1 saturated carbocycles. The molecule has 3 aliphatic rings. The Morgan fingerprint density at radius 3 is 2.17 bits per heavy atom. The molecule has 24 heavy (non-hydrogen) atoms. The molecule has 8 heteroatoms. The van der Waals surface area contributed by atoms with Gasteiger partial charge >= 0.3 is 6.03 Å². The predicted molar refractivity (Wildman–Crippen MR) is 82.6 cm³/mol. The fourth-order valence-corrected chi connectivity index (χ4v) is 4.42. The van der Waals surface area contributed by atoms with Crippen molar-refractivity contribution in [3.63, 3.8) is 0 Å². The normalized spacial score (nSPS) is 43.7. The second-order valence-electron chi connectivity index (χ2n) is 8.18. The van der Waals surface area contributed by atoms with E-state index < -0.39 is 49.1 Å². The van der Waals surface area contributed by atoms with Crippen molar-refractivity contribution in [2.75, 3.05) is 13.7 Å². The highest BCUT2D eigenvalue weighted by Gasteiger charge is 2.72. The quantitative estimate of drug-likeness (QED) is 0.616. The van der Waals surface area contributed by atoms with Crippen LogP contribution >= 0.6 is 0 Å². The third-order valence-electron chi connectivity index (χ3n) is 6.69. The van der Waals surface area contributed by atoms with Gasteiger partial charge in [0.1, 0.15) is 18.3 Å². The van der Waals surface area contributed by atoms with Crippen LogP contribution in [0.1, 0.15) is 27.7 Å². The molecule has 8 nitrogen and oxygen atoms in total. The van der Waals surface area contributed by atoms with Crippen LogP contribution in [0.5, 0.6) is 0 Å². The number of aliphatic hydroxyl groups is 3. The molecule has 2 aliphatic heterocycles. The van der Waals surface area contributed by atoms with Crippen molar-refractivity contribution in [3.05, 3.63) is 0 Å². The molecule has 1 aliphatic carbocycles. The molecule has 0 spiro atoms. The summed E-state index contributed by atoms with van der Waals surface area (Å²) in [5, 5.41) is 29.6. The highest BCUT2D eigenvalue weighted by Crippen LogP contribution is 2.64. The third kappa shape index (κ3) is 1.88. The largest absolute Gasteiger partial charge is 0.394 e. The molecule has 2 saturated heterocycles. The summed E-state index contributed by atoms with van der Waals surface area (Å²) in [4.78, 5) is 27.8. The van der Waals surface area contributed by atoms with Crippen LogP contribution in [0.4, 0.5) is 4.79 Å². The second kappa shape index (κ2) is 5.14. The summed E-state index contributed by atoms with van der Waals surface area (Å²) in [6.07, 6.45) is -4.68. The van der Waals surface area contributed by atoms with Gasteiger partial charge in [0, 0.05) is 7.05 Å². The number of ether oxygens (including phenoxy) is 1. The maximum Gasteiger partial charge on any atom is 0.328 e. The Balaban J connectivity index is 2.01. The SMILES string of the molecule is CN1C(=O)[C@@H]2[C@H](N([C@@H]3O[C@H](CO)[C@@H](O)[C@H]3O)C1=O)C(C)(C)C2(C)C. The van der Waals surface area contributed by atoms with E-state index in [1.807, 2.05) is 27.7 Å². The molecule has 3 fully saturated rings. The van der Waals surface area contributed by atoms with Crippen molar-refractivity contribution in [1.29, 1.82) is 0 Å². The zero-order valence-electron chi connectivity index (χ0n) is 14.6. The van der Waals surface area contributed by atoms with Crippen LogP contribution in [0, 0.1) is 16.7 Å². The highest BCUT2D eigenvalue weighted by molar-refractivity contribution is 6.00. The number of hydrogen-bond donors (Lipinski definition) is 3. The van der Waals surface area contributed by atoms with E-state index in [0.717, 1.165) is 4.90 Å². The number of imide groups is 1. The van der Waals surface area contributed by atoms with Crippen molar-refractivity contribution < 1.29 is 29.6 Å². The Bertz CT molecular complexity index is 577.